The second-order valence-corrected chi connectivity index (χ2v) is 3.71. The largest absolute Gasteiger partial charge is 0.433 e. The van der Waals surface area contributed by atoms with Crippen molar-refractivity contribution in [2.45, 2.75) is 12.7 Å². The van der Waals surface area contributed by atoms with Gasteiger partial charge in [-0.1, -0.05) is 0 Å². The third kappa shape index (κ3) is 2.76. The minimum Gasteiger partial charge on any atom is -0.249 e. The fourth-order valence-corrected chi connectivity index (χ4v) is 1.42. The molecule has 0 aromatic carbocycles. The fourth-order valence-electron chi connectivity index (χ4n) is 1.28. The standard InChI is InChI=1S/C9H5ClF4N4/c10-8-16-4-18(17-8)3-5-1-7(9(12,13)14)15-2-6(5)11/h1-2,4H,3H2. The number of aromatic nitrogens is 4. The van der Waals surface area contributed by atoms with Crippen LogP contribution in [0, 0.1) is 5.82 Å². The predicted molar refractivity (Wildman–Crippen MR) is 53.3 cm³/mol. The van der Waals surface area contributed by atoms with E-state index in [0.717, 1.165) is 4.68 Å². The zero-order chi connectivity index (χ0) is 13.3. The number of nitrogens with zero attached hydrogens (tertiary/aromatic N) is 4. The van der Waals surface area contributed by atoms with Gasteiger partial charge < -0.3 is 0 Å². The van der Waals surface area contributed by atoms with Crippen molar-refractivity contribution in [1.29, 1.82) is 0 Å². The maximum Gasteiger partial charge on any atom is 0.433 e. The van der Waals surface area contributed by atoms with Gasteiger partial charge in [-0.15, -0.1) is 5.10 Å². The Morgan fingerprint density at radius 1 is 1.28 bits per heavy atom. The van der Waals surface area contributed by atoms with E-state index in [2.05, 4.69) is 15.1 Å². The highest BCUT2D eigenvalue weighted by molar-refractivity contribution is 6.28. The van der Waals surface area contributed by atoms with Gasteiger partial charge in [0.05, 0.1) is 12.7 Å². The van der Waals surface area contributed by atoms with Crippen molar-refractivity contribution in [3.63, 3.8) is 0 Å². The molecule has 2 heterocycles. The van der Waals surface area contributed by atoms with Gasteiger partial charge in [0.1, 0.15) is 17.8 Å². The summed E-state index contributed by atoms with van der Waals surface area (Å²) >= 11 is 5.44. The first kappa shape index (κ1) is 12.7. The molecule has 0 saturated heterocycles. The van der Waals surface area contributed by atoms with Crippen LogP contribution in [0.15, 0.2) is 18.6 Å². The summed E-state index contributed by atoms with van der Waals surface area (Å²) < 4.78 is 51.7. The van der Waals surface area contributed by atoms with E-state index in [9.17, 15) is 17.6 Å². The Kier molecular flexibility index (Phi) is 3.20. The molecule has 4 nitrogen and oxygen atoms in total. The van der Waals surface area contributed by atoms with E-state index in [-0.39, 0.29) is 17.4 Å². The van der Waals surface area contributed by atoms with Crippen molar-refractivity contribution in [2.75, 3.05) is 0 Å². The van der Waals surface area contributed by atoms with E-state index in [1.54, 1.807) is 0 Å². The molecule has 0 aliphatic rings. The minimum atomic E-state index is -4.62. The van der Waals surface area contributed by atoms with Crippen LogP contribution in [0.1, 0.15) is 11.3 Å². The van der Waals surface area contributed by atoms with Gasteiger partial charge in [-0.2, -0.15) is 13.2 Å². The summed E-state index contributed by atoms with van der Waals surface area (Å²) in [6.07, 6.45) is -2.91. The molecule has 0 fully saturated rings. The van der Waals surface area contributed by atoms with Crippen molar-refractivity contribution in [1.82, 2.24) is 19.7 Å². The van der Waals surface area contributed by atoms with Gasteiger partial charge >= 0.3 is 6.18 Å². The molecule has 0 saturated carbocycles. The molecule has 0 spiro atoms. The summed E-state index contributed by atoms with van der Waals surface area (Å²) in [4.78, 5) is 6.56. The average molecular weight is 281 g/mol. The quantitative estimate of drug-likeness (QED) is 0.794. The van der Waals surface area contributed by atoms with E-state index >= 15 is 0 Å². The second kappa shape index (κ2) is 4.52. The maximum atomic E-state index is 13.3. The van der Waals surface area contributed by atoms with Crippen LogP contribution in [0.2, 0.25) is 5.28 Å². The van der Waals surface area contributed by atoms with E-state index in [0.29, 0.717) is 12.3 Å². The number of halogens is 5. The Morgan fingerprint density at radius 3 is 2.56 bits per heavy atom. The lowest BCUT2D eigenvalue weighted by Gasteiger charge is -2.08. The van der Waals surface area contributed by atoms with Crippen LogP contribution < -0.4 is 0 Å². The van der Waals surface area contributed by atoms with Gasteiger partial charge in [0.2, 0.25) is 5.28 Å². The number of hydrogen-bond acceptors (Lipinski definition) is 3. The van der Waals surface area contributed by atoms with E-state index < -0.39 is 17.7 Å². The molecular formula is C9H5ClF4N4. The highest BCUT2D eigenvalue weighted by Crippen LogP contribution is 2.28. The topological polar surface area (TPSA) is 43.6 Å². The lowest BCUT2D eigenvalue weighted by atomic mass is 10.2. The van der Waals surface area contributed by atoms with Crippen molar-refractivity contribution in [3.05, 3.63) is 40.9 Å². The van der Waals surface area contributed by atoms with Crippen LogP contribution >= 0.6 is 11.6 Å². The molecule has 2 aromatic heterocycles. The van der Waals surface area contributed by atoms with Crippen LogP contribution in [-0.2, 0) is 12.7 Å². The lowest BCUT2D eigenvalue weighted by molar-refractivity contribution is -0.141. The van der Waals surface area contributed by atoms with Crippen molar-refractivity contribution in [3.8, 4) is 0 Å². The smallest absolute Gasteiger partial charge is 0.249 e. The summed E-state index contributed by atoms with van der Waals surface area (Å²) in [5.74, 6) is -0.852. The average Bonchev–Trinajstić information content (AvgIpc) is 2.66. The van der Waals surface area contributed by atoms with Crippen molar-refractivity contribution < 1.29 is 17.6 Å². The third-order valence-electron chi connectivity index (χ3n) is 2.07. The molecule has 2 rings (SSSR count). The van der Waals surface area contributed by atoms with Crippen LogP contribution in [0.3, 0.4) is 0 Å². The zero-order valence-corrected chi connectivity index (χ0v) is 9.37. The summed E-state index contributed by atoms with van der Waals surface area (Å²) in [5.41, 5.74) is -1.36. The summed E-state index contributed by atoms with van der Waals surface area (Å²) in [5, 5.41) is 3.57. The predicted octanol–water partition coefficient (Wildman–Crippen LogP) is 2.53. The lowest BCUT2D eigenvalue weighted by Crippen LogP contribution is -2.11. The number of alkyl halides is 3. The van der Waals surface area contributed by atoms with Gasteiger partial charge in [-0.05, 0) is 17.7 Å². The zero-order valence-electron chi connectivity index (χ0n) is 8.62. The number of pyridine rings is 1. The van der Waals surface area contributed by atoms with Gasteiger partial charge in [0, 0.05) is 5.56 Å². The molecule has 0 amide bonds. The van der Waals surface area contributed by atoms with Crippen LogP contribution in [0.25, 0.3) is 0 Å². The van der Waals surface area contributed by atoms with Gasteiger partial charge in [0.15, 0.2) is 0 Å². The molecule has 18 heavy (non-hydrogen) atoms. The molecule has 0 atom stereocenters. The molecule has 0 unspecified atom stereocenters. The van der Waals surface area contributed by atoms with E-state index in [4.69, 9.17) is 11.6 Å². The van der Waals surface area contributed by atoms with Crippen LogP contribution in [-0.4, -0.2) is 19.7 Å². The minimum absolute atomic E-state index is 0.0690. The molecule has 2 aromatic rings. The normalized spacial score (nSPS) is 11.8. The van der Waals surface area contributed by atoms with Gasteiger partial charge in [-0.25, -0.2) is 19.0 Å². The molecule has 0 N–H and O–H groups in total. The molecule has 0 aliphatic heterocycles. The fraction of sp³-hybridized carbons (Fsp3) is 0.222. The Balaban J connectivity index is 2.32. The molecular weight excluding hydrogens is 276 g/mol. The molecule has 0 bridgehead atoms. The maximum absolute atomic E-state index is 13.3. The van der Waals surface area contributed by atoms with Gasteiger partial charge in [0.25, 0.3) is 0 Å². The van der Waals surface area contributed by atoms with Crippen LogP contribution in [0.5, 0.6) is 0 Å². The Morgan fingerprint density at radius 2 is 2.00 bits per heavy atom. The highest BCUT2D eigenvalue weighted by Gasteiger charge is 2.33. The SMILES string of the molecule is Fc1cnc(C(F)(F)F)cc1Cn1cnc(Cl)n1. The molecule has 0 aliphatic carbocycles. The molecule has 9 heteroatoms. The second-order valence-electron chi connectivity index (χ2n) is 3.37. The van der Waals surface area contributed by atoms with Crippen molar-refractivity contribution in [2.24, 2.45) is 0 Å². The number of hydrogen-bond donors (Lipinski definition) is 0. The first-order chi connectivity index (χ1) is 8.36. The van der Waals surface area contributed by atoms with Crippen LogP contribution in [0.4, 0.5) is 17.6 Å². The Bertz CT molecular complexity index is 566. The first-order valence-electron chi connectivity index (χ1n) is 4.63. The highest BCUT2D eigenvalue weighted by atomic mass is 35.5. The Labute approximate surface area is 103 Å². The van der Waals surface area contributed by atoms with E-state index in [1.165, 1.54) is 6.33 Å². The molecule has 0 radical (unpaired) electrons. The Hall–Kier alpha value is -1.70. The van der Waals surface area contributed by atoms with Crippen molar-refractivity contribution >= 4 is 11.6 Å². The first-order valence-corrected chi connectivity index (χ1v) is 5.00. The van der Waals surface area contributed by atoms with E-state index in [1.807, 2.05) is 0 Å². The number of rotatable bonds is 2. The third-order valence-corrected chi connectivity index (χ3v) is 2.24. The molecule has 96 valence electrons. The summed E-state index contributed by atoms with van der Waals surface area (Å²) in [7, 11) is 0. The summed E-state index contributed by atoms with van der Waals surface area (Å²) in [6, 6.07) is 0.630. The summed E-state index contributed by atoms with van der Waals surface area (Å²) in [6.45, 7) is -0.211. The monoisotopic (exact) mass is 280 g/mol. The van der Waals surface area contributed by atoms with Gasteiger partial charge in [-0.3, -0.25) is 0 Å².